The summed E-state index contributed by atoms with van der Waals surface area (Å²) in [4.78, 5) is 20.8. The molecular weight excluding hydrogens is 362 g/mol. The molecule has 0 spiro atoms. The van der Waals surface area contributed by atoms with E-state index in [2.05, 4.69) is 37.6 Å². The van der Waals surface area contributed by atoms with E-state index in [1.807, 2.05) is 48.8 Å². The number of amides is 1. The van der Waals surface area contributed by atoms with Gasteiger partial charge in [-0.25, -0.2) is 0 Å². The Labute approximate surface area is 168 Å². The van der Waals surface area contributed by atoms with Crippen molar-refractivity contribution in [2.24, 2.45) is 0 Å². The lowest BCUT2D eigenvalue weighted by molar-refractivity contribution is -0.115. The number of benzene rings is 1. The Bertz CT molecular complexity index is 1150. The summed E-state index contributed by atoms with van der Waals surface area (Å²) >= 11 is 0. The average molecular weight is 383 g/mol. The van der Waals surface area contributed by atoms with Crippen molar-refractivity contribution in [2.75, 3.05) is 5.32 Å². The zero-order valence-electron chi connectivity index (χ0n) is 15.9. The molecule has 5 rings (SSSR count). The minimum atomic E-state index is -0.0745. The summed E-state index contributed by atoms with van der Waals surface area (Å²) in [5.41, 5.74) is 4.31. The van der Waals surface area contributed by atoms with Crippen LogP contribution in [0.5, 0.6) is 0 Å². The van der Waals surface area contributed by atoms with Gasteiger partial charge in [0.05, 0.1) is 11.9 Å². The van der Waals surface area contributed by atoms with Crippen molar-refractivity contribution in [2.45, 2.75) is 31.1 Å². The van der Waals surface area contributed by atoms with Crippen molar-refractivity contribution in [3.63, 3.8) is 0 Å². The fourth-order valence-corrected chi connectivity index (χ4v) is 4.00. The van der Waals surface area contributed by atoms with Gasteiger partial charge in [0.1, 0.15) is 0 Å². The number of fused-ring (bicyclic) bond motifs is 1. The van der Waals surface area contributed by atoms with E-state index in [1.54, 1.807) is 6.20 Å². The highest BCUT2D eigenvalue weighted by molar-refractivity contribution is 5.92. The van der Waals surface area contributed by atoms with Crippen molar-refractivity contribution in [3.05, 3.63) is 83.9 Å². The fourth-order valence-electron chi connectivity index (χ4n) is 4.00. The van der Waals surface area contributed by atoms with E-state index < -0.39 is 0 Å². The normalized spacial score (nSPS) is 18.3. The van der Waals surface area contributed by atoms with Gasteiger partial charge >= 0.3 is 0 Å². The Morgan fingerprint density at radius 3 is 2.76 bits per heavy atom. The Hall–Kier alpha value is -3.54. The van der Waals surface area contributed by atoms with E-state index in [4.69, 9.17) is 0 Å². The van der Waals surface area contributed by atoms with Gasteiger partial charge in [-0.1, -0.05) is 12.1 Å². The minimum absolute atomic E-state index is 0.0745. The molecule has 0 radical (unpaired) electrons. The van der Waals surface area contributed by atoms with E-state index in [0.717, 1.165) is 35.0 Å². The predicted octanol–water partition coefficient (Wildman–Crippen LogP) is 4.20. The molecule has 0 aliphatic heterocycles. The van der Waals surface area contributed by atoms with Gasteiger partial charge in [-0.15, -0.1) is 0 Å². The summed E-state index contributed by atoms with van der Waals surface area (Å²) in [5.74, 6) is 1.54. The van der Waals surface area contributed by atoms with Crippen LogP contribution >= 0.6 is 0 Å². The zero-order valence-corrected chi connectivity index (χ0v) is 15.9. The van der Waals surface area contributed by atoms with Crippen LogP contribution in [0.3, 0.4) is 0 Å². The summed E-state index contributed by atoms with van der Waals surface area (Å²) in [6.07, 6.45) is 7.94. The molecule has 1 saturated carbocycles. The van der Waals surface area contributed by atoms with Crippen LogP contribution in [0.25, 0.3) is 10.9 Å². The highest BCUT2D eigenvalue weighted by Crippen LogP contribution is 2.47. The van der Waals surface area contributed by atoms with E-state index in [-0.39, 0.29) is 5.91 Å². The number of hydrogen-bond acceptors (Lipinski definition) is 4. The molecule has 2 N–H and O–H groups in total. The van der Waals surface area contributed by atoms with Gasteiger partial charge in [-0.05, 0) is 60.2 Å². The number of aromatic amines is 1. The SMILES string of the molecule is O=C(Cc1ccc2ncccc2c1)Nc1cc(C2CC(c3ccncc3)C2)[nH]n1. The lowest BCUT2D eigenvalue weighted by Crippen LogP contribution is -2.20. The summed E-state index contributed by atoms with van der Waals surface area (Å²) in [5, 5.41) is 11.3. The standard InChI is InChI=1S/C23H21N5O/c29-23(11-15-3-4-20-17(10-15)2-1-7-25-20)26-22-14-21(27-28-22)19-12-18(13-19)16-5-8-24-9-6-16/h1-10,14,18-19H,11-13H2,(H2,26,27,28,29). The monoisotopic (exact) mass is 383 g/mol. The number of nitrogens with one attached hydrogen (secondary N) is 2. The largest absolute Gasteiger partial charge is 0.309 e. The van der Waals surface area contributed by atoms with Crippen LogP contribution in [0.15, 0.2) is 67.1 Å². The fraction of sp³-hybridized carbons (Fsp3) is 0.217. The number of carbonyl (C=O) groups is 1. The van der Waals surface area contributed by atoms with Gasteiger partial charge in [0, 0.05) is 41.7 Å². The van der Waals surface area contributed by atoms with Crippen LogP contribution < -0.4 is 5.32 Å². The predicted molar refractivity (Wildman–Crippen MR) is 112 cm³/mol. The van der Waals surface area contributed by atoms with Gasteiger partial charge in [-0.2, -0.15) is 5.10 Å². The molecule has 1 amide bonds. The zero-order chi connectivity index (χ0) is 19.6. The molecule has 144 valence electrons. The lowest BCUT2D eigenvalue weighted by atomic mass is 9.70. The highest BCUT2D eigenvalue weighted by Gasteiger charge is 2.32. The third-order valence-corrected chi connectivity index (χ3v) is 5.65. The molecule has 0 atom stereocenters. The van der Waals surface area contributed by atoms with Gasteiger partial charge in [-0.3, -0.25) is 19.9 Å². The van der Waals surface area contributed by atoms with E-state index >= 15 is 0 Å². The Morgan fingerprint density at radius 1 is 1.03 bits per heavy atom. The number of rotatable bonds is 5. The number of H-pyrrole nitrogens is 1. The van der Waals surface area contributed by atoms with Crippen molar-refractivity contribution >= 4 is 22.6 Å². The van der Waals surface area contributed by atoms with Crippen LogP contribution in [0, 0.1) is 0 Å². The van der Waals surface area contributed by atoms with E-state index in [9.17, 15) is 4.79 Å². The highest BCUT2D eigenvalue weighted by atomic mass is 16.1. The molecule has 0 unspecified atom stereocenters. The molecule has 4 aromatic rings. The molecule has 1 fully saturated rings. The second kappa shape index (κ2) is 7.47. The average Bonchev–Trinajstić information content (AvgIpc) is 3.15. The topological polar surface area (TPSA) is 83.6 Å². The Balaban J connectivity index is 1.18. The smallest absolute Gasteiger partial charge is 0.229 e. The quantitative estimate of drug-likeness (QED) is 0.541. The van der Waals surface area contributed by atoms with Crippen molar-refractivity contribution in [1.82, 2.24) is 20.2 Å². The maximum Gasteiger partial charge on any atom is 0.229 e. The van der Waals surface area contributed by atoms with Crippen LogP contribution in [0.2, 0.25) is 0 Å². The summed E-state index contributed by atoms with van der Waals surface area (Å²) in [7, 11) is 0. The molecule has 3 heterocycles. The first-order valence-corrected chi connectivity index (χ1v) is 9.83. The van der Waals surface area contributed by atoms with Crippen molar-refractivity contribution < 1.29 is 4.79 Å². The van der Waals surface area contributed by atoms with Crippen LogP contribution in [-0.4, -0.2) is 26.1 Å². The number of pyridine rings is 2. The number of nitrogens with zero attached hydrogens (tertiary/aromatic N) is 3. The molecule has 6 heteroatoms. The van der Waals surface area contributed by atoms with Crippen molar-refractivity contribution in [1.29, 1.82) is 0 Å². The molecule has 3 aromatic heterocycles. The molecule has 0 saturated heterocycles. The molecule has 1 aromatic carbocycles. The number of aromatic nitrogens is 4. The van der Waals surface area contributed by atoms with Gasteiger partial charge in [0.25, 0.3) is 0 Å². The van der Waals surface area contributed by atoms with Gasteiger partial charge in [0.2, 0.25) is 5.91 Å². The molecule has 6 nitrogen and oxygen atoms in total. The van der Waals surface area contributed by atoms with Crippen LogP contribution in [0.1, 0.15) is 41.5 Å². The third-order valence-electron chi connectivity index (χ3n) is 5.65. The lowest BCUT2D eigenvalue weighted by Gasteiger charge is -2.34. The summed E-state index contributed by atoms with van der Waals surface area (Å²) < 4.78 is 0. The first-order chi connectivity index (χ1) is 14.2. The summed E-state index contributed by atoms with van der Waals surface area (Å²) in [6, 6.07) is 15.9. The maximum absolute atomic E-state index is 12.4. The van der Waals surface area contributed by atoms with Gasteiger partial charge < -0.3 is 5.32 Å². The minimum Gasteiger partial charge on any atom is -0.309 e. The molecule has 29 heavy (non-hydrogen) atoms. The molecule has 1 aliphatic rings. The van der Waals surface area contributed by atoms with Crippen LogP contribution in [-0.2, 0) is 11.2 Å². The van der Waals surface area contributed by atoms with Crippen LogP contribution in [0.4, 0.5) is 5.82 Å². The number of anilines is 1. The maximum atomic E-state index is 12.4. The Morgan fingerprint density at radius 2 is 1.90 bits per heavy atom. The second-order valence-electron chi connectivity index (χ2n) is 7.61. The molecule has 1 aliphatic carbocycles. The number of hydrogen-bond donors (Lipinski definition) is 2. The van der Waals surface area contributed by atoms with E-state index in [1.165, 1.54) is 5.56 Å². The van der Waals surface area contributed by atoms with E-state index in [0.29, 0.717) is 24.1 Å². The number of carbonyl (C=O) groups excluding carboxylic acids is 1. The Kier molecular flexibility index (Phi) is 4.52. The molecule has 0 bridgehead atoms. The second-order valence-corrected chi connectivity index (χ2v) is 7.61. The van der Waals surface area contributed by atoms with Gasteiger partial charge in [0.15, 0.2) is 5.82 Å². The summed E-state index contributed by atoms with van der Waals surface area (Å²) in [6.45, 7) is 0. The first-order valence-electron chi connectivity index (χ1n) is 9.83. The molecular formula is C23H21N5O. The van der Waals surface area contributed by atoms with Crippen molar-refractivity contribution in [3.8, 4) is 0 Å². The first kappa shape index (κ1) is 17.6. The third kappa shape index (κ3) is 3.74.